The second-order valence-electron chi connectivity index (χ2n) is 19.1. The second-order valence-corrected chi connectivity index (χ2v) is 20.2. The first-order valence-electron chi connectivity index (χ1n) is 22.1. The number of rotatable bonds is 4. The lowest BCUT2D eigenvalue weighted by molar-refractivity contribution is 0.332. The maximum absolute atomic E-state index is 3.86. The molecule has 0 unspecified atom stereocenters. The van der Waals surface area contributed by atoms with Crippen molar-refractivity contribution in [2.45, 2.75) is 58.3 Å². The number of para-hydroxylation sites is 3. The molecule has 0 amide bonds. The van der Waals surface area contributed by atoms with Crippen LogP contribution in [0.2, 0.25) is 0 Å². The summed E-state index contributed by atoms with van der Waals surface area (Å²) >= 11 is 1.96. The molecule has 13 rings (SSSR count). The molecular formula is C57H45BN3S. The summed E-state index contributed by atoms with van der Waals surface area (Å²) in [7, 11) is 2.53. The van der Waals surface area contributed by atoms with Crippen LogP contribution in [0.15, 0.2) is 152 Å². The monoisotopic (exact) mass is 814 g/mol. The van der Waals surface area contributed by atoms with Crippen molar-refractivity contribution < 1.29 is 0 Å². The van der Waals surface area contributed by atoms with Gasteiger partial charge in [0, 0.05) is 48.6 Å². The average Bonchev–Trinajstić information content (AvgIpc) is 3.94. The average molecular weight is 815 g/mol. The van der Waals surface area contributed by atoms with Crippen LogP contribution in [0.25, 0.3) is 87.0 Å². The lowest BCUT2D eigenvalue weighted by Crippen LogP contribution is -2.35. The molecule has 297 valence electrons. The third-order valence-electron chi connectivity index (χ3n) is 14.5. The molecule has 0 spiro atoms. The minimum Gasteiger partial charge on any atom is -0.355 e. The number of anilines is 2. The van der Waals surface area contributed by atoms with E-state index in [1.807, 2.05) is 11.3 Å². The fraction of sp³-hybridized carbons (Fsp3) is 0.158. The Morgan fingerprint density at radius 3 is 1.95 bits per heavy atom. The van der Waals surface area contributed by atoms with E-state index < -0.39 is 0 Å². The largest absolute Gasteiger partial charge is 0.355 e. The van der Waals surface area contributed by atoms with Crippen LogP contribution in [0, 0.1) is 6.92 Å². The van der Waals surface area contributed by atoms with Crippen molar-refractivity contribution in [3.63, 3.8) is 0 Å². The summed E-state index contributed by atoms with van der Waals surface area (Å²) in [5, 5.41) is 12.8. The normalized spacial score (nSPS) is 15.1. The van der Waals surface area contributed by atoms with Gasteiger partial charge in [-0.05, 0) is 123 Å². The number of fused-ring (bicyclic) bond motifs is 13. The van der Waals surface area contributed by atoms with Gasteiger partial charge in [0.2, 0.25) is 7.28 Å². The molecule has 1 aliphatic carbocycles. The van der Waals surface area contributed by atoms with Gasteiger partial charge in [-0.25, -0.2) is 0 Å². The van der Waals surface area contributed by atoms with Gasteiger partial charge in [0.15, 0.2) is 0 Å². The lowest BCUT2D eigenvalue weighted by Gasteiger charge is -2.42. The summed E-state index contributed by atoms with van der Waals surface area (Å²) in [6.07, 6.45) is 2.38. The van der Waals surface area contributed by atoms with Crippen molar-refractivity contribution in [1.29, 1.82) is 0 Å². The molecule has 1 N–H and O–H groups in total. The van der Waals surface area contributed by atoms with Gasteiger partial charge in [0.25, 0.3) is 0 Å². The summed E-state index contributed by atoms with van der Waals surface area (Å²) in [4.78, 5) is 0. The van der Waals surface area contributed by atoms with E-state index in [1.54, 1.807) is 0 Å². The molecule has 0 saturated carbocycles. The van der Waals surface area contributed by atoms with Gasteiger partial charge in [-0.15, -0.1) is 11.3 Å². The van der Waals surface area contributed by atoms with E-state index >= 15 is 0 Å². The number of hydrogen-bond donors (Lipinski definition) is 1. The Balaban J connectivity index is 1.23. The van der Waals surface area contributed by atoms with Gasteiger partial charge < -0.3 is 14.5 Å². The zero-order chi connectivity index (χ0) is 41.6. The van der Waals surface area contributed by atoms with Crippen molar-refractivity contribution in [3.8, 4) is 22.5 Å². The molecule has 4 heterocycles. The third kappa shape index (κ3) is 5.00. The van der Waals surface area contributed by atoms with Gasteiger partial charge in [-0.2, -0.15) is 0 Å². The molecule has 1 radical (unpaired) electrons. The molecule has 0 fully saturated rings. The summed E-state index contributed by atoms with van der Waals surface area (Å²) in [6.45, 7) is 11.9. The van der Waals surface area contributed by atoms with Gasteiger partial charge in [-0.3, -0.25) is 0 Å². The summed E-state index contributed by atoms with van der Waals surface area (Å²) in [5.74, 6) is 0. The molecule has 1 aliphatic heterocycles. The zero-order valence-electron chi connectivity index (χ0n) is 35.7. The van der Waals surface area contributed by atoms with Crippen molar-refractivity contribution in [1.82, 2.24) is 9.13 Å². The Hall–Kier alpha value is -6.56. The minimum absolute atomic E-state index is 0.0967. The highest BCUT2D eigenvalue weighted by atomic mass is 32.1. The fourth-order valence-electron chi connectivity index (χ4n) is 11.2. The quantitative estimate of drug-likeness (QED) is 0.176. The Bertz CT molecular complexity index is 3650. The predicted molar refractivity (Wildman–Crippen MR) is 268 cm³/mol. The summed E-state index contributed by atoms with van der Waals surface area (Å²) in [6, 6.07) is 56.9. The molecule has 3 nitrogen and oxygen atoms in total. The highest BCUT2D eigenvalue weighted by molar-refractivity contribution is 7.29. The number of aryl methyl sites for hydroxylation is 1. The van der Waals surface area contributed by atoms with Gasteiger partial charge >= 0.3 is 0 Å². The van der Waals surface area contributed by atoms with E-state index in [1.165, 1.54) is 127 Å². The highest BCUT2D eigenvalue weighted by Crippen LogP contribution is 2.51. The molecular weight excluding hydrogens is 770 g/mol. The van der Waals surface area contributed by atoms with E-state index in [2.05, 4.69) is 208 Å². The standard InChI is InChI=1S/C57H45BN3S/c1-33-22-25-35(26-23-33)59-44-19-11-8-16-37(44)40-31-48(60-45-20-12-9-17-38(45)39-18-10-13-21-46(39)60)51-50-36-15-7-6-14-34(36)24-27-47(50)61-53-41-30-42-43(57(4,5)29-28-56(42,2)3)32-49(41)62-55(53)58-52(40)54(51)61/h6-27,30-32,59H,28-29H2,1-5H3. The SMILES string of the molecule is Cc1ccc(Nc2ccccc2-c2cc(-n3c4ccccc4c4ccccc43)c3c4c5ccccc5ccc4n4c3c2[B]c2sc3cc5c(cc3c2-4)C(C)(C)CCC5(C)C)cc1. The topological polar surface area (TPSA) is 21.9 Å². The number of benzene rings is 8. The van der Waals surface area contributed by atoms with Gasteiger partial charge in [0.05, 0.1) is 33.4 Å². The molecule has 5 heteroatoms. The summed E-state index contributed by atoms with van der Waals surface area (Å²) in [5.41, 5.74) is 17.7. The smallest absolute Gasteiger partial charge is 0.211 e. The number of hydrogen-bond acceptors (Lipinski definition) is 2. The Morgan fingerprint density at radius 2 is 1.21 bits per heavy atom. The fourth-order valence-corrected chi connectivity index (χ4v) is 12.3. The van der Waals surface area contributed by atoms with Crippen molar-refractivity contribution in [2.75, 3.05) is 5.32 Å². The Labute approximate surface area is 366 Å². The second kappa shape index (κ2) is 12.7. The molecule has 62 heavy (non-hydrogen) atoms. The molecule has 0 saturated heterocycles. The molecule has 2 aliphatic rings. The van der Waals surface area contributed by atoms with Gasteiger partial charge in [-0.1, -0.05) is 130 Å². The Morgan fingerprint density at radius 1 is 0.565 bits per heavy atom. The number of nitrogens with zero attached hydrogens (tertiary/aromatic N) is 2. The maximum atomic E-state index is 3.86. The summed E-state index contributed by atoms with van der Waals surface area (Å²) < 4.78 is 7.90. The number of thiophene rings is 1. The predicted octanol–water partition coefficient (Wildman–Crippen LogP) is 14.3. The van der Waals surface area contributed by atoms with Crippen LogP contribution in [0.1, 0.15) is 57.2 Å². The molecule has 3 aromatic heterocycles. The van der Waals surface area contributed by atoms with Crippen molar-refractivity contribution >= 4 is 105 Å². The van der Waals surface area contributed by atoms with E-state index in [0.29, 0.717) is 0 Å². The van der Waals surface area contributed by atoms with Crippen molar-refractivity contribution in [3.05, 3.63) is 168 Å². The van der Waals surface area contributed by atoms with Crippen LogP contribution < -0.4 is 15.6 Å². The van der Waals surface area contributed by atoms with Crippen LogP contribution in [0.5, 0.6) is 0 Å². The molecule has 11 aromatic rings. The van der Waals surface area contributed by atoms with Crippen molar-refractivity contribution in [2.24, 2.45) is 0 Å². The molecule has 0 atom stereocenters. The lowest BCUT2D eigenvalue weighted by atomic mass is 9.62. The minimum atomic E-state index is 0.0967. The number of aromatic nitrogens is 2. The first kappa shape index (κ1) is 36.1. The van der Waals surface area contributed by atoms with Crippen LogP contribution >= 0.6 is 11.3 Å². The zero-order valence-corrected chi connectivity index (χ0v) is 36.5. The first-order valence-corrected chi connectivity index (χ1v) is 22.9. The van der Waals surface area contributed by atoms with Crippen LogP contribution in [-0.2, 0) is 10.8 Å². The van der Waals surface area contributed by atoms with E-state index in [9.17, 15) is 0 Å². The van der Waals surface area contributed by atoms with E-state index in [0.717, 1.165) is 11.4 Å². The number of nitrogens with one attached hydrogen (secondary N) is 1. The molecule has 8 aromatic carbocycles. The van der Waals surface area contributed by atoms with E-state index in [4.69, 9.17) is 0 Å². The van der Waals surface area contributed by atoms with Gasteiger partial charge in [0.1, 0.15) is 0 Å². The third-order valence-corrected chi connectivity index (χ3v) is 15.6. The van der Waals surface area contributed by atoms with E-state index in [-0.39, 0.29) is 10.8 Å². The van der Waals surface area contributed by atoms with Crippen LogP contribution in [-0.4, -0.2) is 16.4 Å². The molecule has 0 bridgehead atoms. The highest BCUT2D eigenvalue weighted by Gasteiger charge is 2.39. The van der Waals surface area contributed by atoms with Crippen LogP contribution in [0.4, 0.5) is 11.4 Å². The van der Waals surface area contributed by atoms with Crippen LogP contribution in [0.3, 0.4) is 0 Å². The Kier molecular flexibility index (Phi) is 7.43. The maximum Gasteiger partial charge on any atom is 0.211 e. The first-order chi connectivity index (χ1) is 30.1.